The predicted octanol–water partition coefficient (Wildman–Crippen LogP) is 4.48. The van der Waals surface area contributed by atoms with E-state index in [1.807, 2.05) is 42.5 Å². The van der Waals surface area contributed by atoms with Gasteiger partial charge in [-0.3, -0.25) is 4.79 Å². The molecule has 5 nitrogen and oxygen atoms in total. The van der Waals surface area contributed by atoms with Gasteiger partial charge in [-0.2, -0.15) is 4.31 Å². The molecule has 3 aromatic rings. The van der Waals surface area contributed by atoms with Crippen LogP contribution in [-0.2, 0) is 21.4 Å². The molecule has 0 spiro atoms. The first-order valence-corrected chi connectivity index (χ1v) is 12.3. The lowest BCUT2D eigenvalue weighted by molar-refractivity contribution is -0.121. The van der Waals surface area contributed by atoms with Crippen molar-refractivity contribution >= 4 is 26.7 Å². The summed E-state index contributed by atoms with van der Waals surface area (Å²) >= 11 is 0. The SMILES string of the molecule is O=C(CN(C1CCCCC1)S(=O)(=O)c1ccccc1)NCc1cccc2ccccc12. The van der Waals surface area contributed by atoms with Crippen LogP contribution < -0.4 is 5.32 Å². The molecule has 0 aliphatic heterocycles. The summed E-state index contributed by atoms with van der Waals surface area (Å²) in [5.74, 6) is -0.280. The molecule has 1 fully saturated rings. The number of fused-ring (bicyclic) bond motifs is 1. The van der Waals surface area contributed by atoms with Crippen molar-refractivity contribution in [2.24, 2.45) is 0 Å². The number of hydrogen-bond donors (Lipinski definition) is 1. The Labute approximate surface area is 184 Å². The molecule has 1 N–H and O–H groups in total. The van der Waals surface area contributed by atoms with Crippen LogP contribution in [0.5, 0.6) is 0 Å². The minimum atomic E-state index is -3.74. The van der Waals surface area contributed by atoms with Gasteiger partial charge in [-0.1, -0.05) is 79.9 Å². The molecule has 31 heavy (non-hydrogen) atoms. The van der Waals surface area contributed by atoms with E-state index < -0.39 is 10.0 Å². The Morgan fingerprint density at radius 1 is 0.871 bits per heavy atom. The third-order valence-corrected chi connectivity index (χ3v) is 7.90. The Balaban J connectivity index is 1.52. The molecular formula is C25H28N2O3S. The fourth-order valence-electron chi connectivity index (χ4n) is 4.35. The molecule has 1 amide bonds. The van der Waals surface area contributed by atoms with Crippen LogP contribution in [0.4, 0.5) is 0 Å². The van der Waals surface area contributed by atoms with Gasteiger partial charge in [0.05, 0.1) is 11.4 Å². The number of carbonyl (C=O) groups excluding carboxylic acids is 1. The van der Waals surface area contributed by atoms with Crippen LogP contribution in [0.25, 0.3) is 10.8 Å². The maximum atomic E-state index is 13.4. The smallest absolute Gasteiger partial charge is 0.243 e. The highest BCUT2D eigenvalue weighted by atomic mass is 32.2. The molecule has 0 atom stereocenters. The van der Waals surface area contributed by atoms with Crippen LogP contribution in [0.15, 0.2) is 77.7 Å². The summed E-state index contributed by atoms with van der Waals surface area (Å²) < 4.78 is 28.1. The number of rotatable bonds is 7. The van der Waals surface area contributed by atoms with E-state index in [0.29, 0.717) is 6.54 Å². The minimum absolute atomic E-state index is 0.137. The quantitative estimate of drug-likeness (QED) is 0.594. The summed E-state index contributed by atoms with van der Waals surface area (Å²) in [6.07, 6.45) is 4.68. The van der Waals surface area contributed by atoms with E-state index in [4.69, 9.17) is 0 Å². The predicted molar refractivity (Wildman–Crippen MR) is 123 cm³/mol. The zero-order valence-corrected chi connectivity index (χ0v) is 18.4. The van der Waals surface area contributed by atoms with Crippen LogP contribution >= 0.6 is 0 Å². The summed E-state index contributed by atoms with van der Waals surface area (Å²) in [5, 5.41) is 5.14. The lowest BCUT2D eigenvalue weighted by Crippen LogP contribution is -2.46. The van der Waals surface area contributed by atoms with Crippen molar-refractivity contribution in [3.8, 4) is 0 Å². The minimum Gasteiger partial charge on any atom is -0.351 e. The molecule has 1 aliphatic carbocycles. The molecule has 0 saturated heterocycles. The highest BCUT2D eigenvalue weighted by molar-refractivity contribution is 7.89. The molecular weight excluding hydrogens is 408 g/mol. The highest BCUT2D eigenvalue weighted by Crippen LogP contribution is 2.27. The van der Waals surface area contributed by atoms with Gasteiger partial charge in [0.15, 0.2) is 0 Å². The van der Waals surface area contributed by atoms with Crippen LogP contribution in [0.3, 0.4) is 0 Å². The fourth-order valence-corrected chi connectivity index (χ4v) is 6.01. The van der Waals surface area contributed by atoms with Crippen molar-refractivity contribution in [3.63, 3.8) is 0 Å². The van der Waals surface area contributed by atoms with Crippen LogP contribution in [0.2, 0.25) is 0 Å². The van der Waals surface area contributed by atoms with Gasteiger partial charge in [0.1, 0.15) is 0 Å². The van der Waals surface area contributed by atoms with Gasteiger partial charge in [-0.05, 0) is 41.3 Å². The highest BCUT2D eigenvalue weighted by Gasteiger charge is 2.33. The van der Waals surface area contributed by atoms with Crippen molar-refractivity contribution < 1.29 is 13.2 Å². The van der Waals surface area contributed by atoms with Crippen molar-refractivity contribution in [3.05, 3.63) is 78.4 Å². The zero-order valence-electron chi connectivity index (χ0n) is 17.5. The molecule has 1 aliphatic rings. The summed E-state index contributed by atoms with van der Waals surface area (Å²) in [6, 6.07) is 22.3. The average Bonchev–Trinajstić information content (AvgIpc) is 2.82. The molecule has 1 saturated carbocycles. The van der Waals surface area contributed by atoms with Crippen LogP contribution in [-0.4, -0.2) is 31.2 Å². The summed E-state index contributed by atoms with van der Waals surface area (Å²) in [4.78, 5) is 13.1. The number of benzene rings is 3. The van der Waals surface area contributed by atoms with Gasteiger partial charge in [0, 0.05) is 12.6 Å². The van der Waals surface area contributed by atoms with E-state index in [0.717, 1.165) is 48.4 Å². The molecule has 0 radical (unpaired) electrons. The van der Waals surface area contributed by atoms with Gasteiger partial charge in [0.25, 0.3) is 0 Å². The van der Waals surface area contributed by atoms with Gasteiger partial charge < -0.3 is 5.32 Å². The number of hydrogen-bond acceptors (Lipinski definition) is 3. The van der Waals surface area contributed by atoms with E-state index in [-0.39, 0.29) is 23.4 Å². The third kappa shape index (κ3) is 4.97. The largest absolute Gasteiger partial charge is 0.351 e. The second-order valence-corrected chi connectivity index (χ2v) is 9.96. The molecule has 0 unspecified atom stereocenters. The van der Waals surface area contributed by atoms with Crippen LogP contribution in [0.1, 0.15) is 37.7 Å². The van der Waals surface area contributed by atoms with E-state index in [9.17, 15) is 13.2 Å². The Morgan fingerprint density at radius 3 is 2.32 bits per heavy atom. The number of nitrogens with one attached hydrogen (secondary N) is 1. The second kappa shape index (κ2) is 9.62. The van der Waals surface area contributed by atoms with E-state index >= 15 is 0 Å². The van der Waals surface area contributed by atoms with Gasteiger partial charge in [0.2, 0.25) is 15.9 Å². The second-order valence-electron chi connectivity index (χ2n) is 8.07. The molecule has 162 valence electrons. The molecule has 0 heterocycles. The third-order valence-electron chi connectivity index (χ3n) is 5.99. The van der Waals surface area contributed by atoms with E-state index in [1.54, 1.807) is 30.3 Å². The maximum absolute atomic E-state index is 13.4. The molecule has 0 aromatic heterocycles. The van der Waals surface area contributed by atoms with Crippen molar-refractivity contribution in [2.75, 3.05) is 6.54 Å². The van der Waals surface area contributed by atoms with Crippen molar-refractivity contribution in [2.45, 2.75) is 49.6 Å². The normalized spacial score (nSPS) is 15.3. The fraction of sp³-hybridized carbons (Fsp3) is 0.320. The maximum Gasteiger partial charge on any atom is 0.243 e. The van der Waals surface area contributed by atoms with Crippen molar-refractivity contribution in [1.82, 2.24) is 9.62 Å². The number of nitrogens with zero attached hydrogens (tertiary/aromatic N) is 1. The molecule has 3 aromatic carbocycles. The summed E-state index contributed by atoms with van der Waals surface area (Å²) in [5.41, 5.74) is 1.02. The molecule has 6 heteroatoms. The monoisotopic (exact) mass is 436 g/mol. The first-order valence-electron chi connectivity index (χ1n) is 10.9. The Hall–Kier alpha value is -2.70. The Bertz CT molecular complexity index is 1130. The number of sulfonamides is 1. The van der Waals surface area contributed by atoms with Gasteiger partial charge >= 0.3 is 0 Å². The first-order chi connectivity index (χ1) is 15.1. The Kier molecular flexibility index (Phi) is 6.68. The molecule has 4 rings (SSSR count). The Morgan fingerprint density at radius 2 is 1.55 bits per heavy atom. The molecule has 0 bridgehead atoms. The van der Waals surface area contributed by atoms with E-state index in [1.165, 1.54) is 4.31 Å². The van der Waals surface area contributed by atoms with Gasteiger partial charge in [-0.15, -0.1) is 0 Å². The van der Waals surface area contributed by atoms with Crippen LogP contribution in [0, 0.1) is 0 Å². The lowest BCUT2D eigenvalue weighted by atomic mass is 9.95. The summed E-state index contributed by atoms with van der Waals surface area (Å²) in [6.45, 7) is 0.205. The number of carbonyl (C=O) groups is 1. The lowest BCUT2D eigenvalue weighted by Gasteiger charge is -2.33. The first kappa shape index (κ1) is 21.5. The van der Waals surface area contributed by atoms with Gasteiger partial charge in [-0.25, -0.2) is 8.42 Å². The average molecular weight is 437 g/mol. The van der Waals surface area contributed by atoms with Crippen molar-refractivity contribution in [1.29, 1.82) is 0 Å². The zero-order chi connectivity index (χ0) is 21.7. The standard InChI is InChI=1S/C25H28N2O3S/c28-25(26-18-21-12-9-11-20-10-7-8-17-24(20)21)19-27(22-13-3-1-4-14-22)31(29,30)23-15-5-2-6-16-23/h2,5-12,15-17,22H,1,3-4,13-14,18-19H2,(H,26,28). The topological polar surface area (TPSA) is 66.5 Å². The number of amides is 1. The summed E-state index contributed by atoms with van der Waals surface area (Å²) in [7, 11) is -3.74. The van der Waals surface area contributed by atoms with E-state index in [2.05, 4.69) is 5.32 Å².